The molecule has 0 atom stereocenters. The Hall–Kier alpha value is -0.980. The van der Waals surface area contributed by atoms with Gasteiger partial charge < -0.3 is 15.4 Å². The summed E-state index contributed by atoms with van der Waals surface area (Å²) in [5.74, 6) is 1.83. The first-order chi connectivity index (χ1) is 9.22. The Morgan fingerprint density at radius 2 is 2.15 bits per heavy atom. The Morgan fingerprint density at radius 1 is 1.40 bits per heavy atom. The number of rotatable bonds is 5. The van der Waals surface area contributed by atoms with Crippen LogP contribution in [0.3, 0.4) is 0 Å². The van der Waals surface area contributed by atoms with E-state index in [9.17, 15) is 0 Å². The van der Waals surface area contributed by atoms with E-state index in [1.807, 2.05) is 6.92 Å². The number of ether oxygens (including phenoxy) is 1. The van der Waals surface area contributed by atoms with Gasteiger partial charge in [0.1, 0.15) is 5.75 Å². The fourth-order valence-corrected chi connectivity index (χ4v) is 1.87. The third-order valence-corrected chi connectivity index (χ3v) is 3.15. The second-order valence-corrected chi connectivity index (χ2v) is 4.92. The summed E-state index contributed by atoms with van der Waals surface area (Å²) >= 11 is 0. The maximum absolute atomic E-state index is 5.33. The van der Waals surface area contributed by atoms with Crippen LogP contribution in [0.1, 0.15) is 30.9 Å². The highest BCUT2D eigenvalue weighted by Crippen LogP contribution is 2.20. The van der Waals surface area contributed by atoms with Crippen LogP contribution in [0.25, 0.3) is 0 Å². The smallest absolute Gasteiger partial charge is 0.191 e. The molecule has 20 heavy (non-hydrogen) atoms. The number of aryl methyl sites for hydroxylation is 1. The number of nitrogens with zero attached hydrogens (tertiary/aromatic N) is 1. The van der Waals surface area contributed by atoms with Gasteiger partial charge in [-0.3, -0.25) is 0 Å². The van der Waals surface area contributed by atoms with Crippen LogP contribution < -0.4 is 15.4 Å². The van der Waals surface area contributed by atoms with Crippen LogP contribution >= 0.6 is 24.0 Å². The standard InChI is InChI=1S/C15H23N3O.HI/c1-4-16-15(18-13-7-8-13)17-10-12-6-5-11(2)14(9-12)19-3;/h5-6,9,13H,4,7-8,10H2,1-3H3,(H2,16,17,18);1H. The number of hydrogen-bond acceptors (Lipinski definition) is 2. The number of methoxy groups -OCH3 is 1. The lowest BCUT2D eigenvalue weighted by Crippen LogP contribution is -2.38. The van der Waals surface area contributed by atoms with Crippen LogP contribution in [0.5, 0.6) is 5.75 Å². The summed E-state index contributed by atoms with van der Waals surface area (Å²) in [6, 6.07) is 6.84. The van der Waals surface area contributed by atoms with Gasteiger partial charge in [0.25, 0.3) is 0 Å². The summed E-state index contributed by atoms with van der Waals surface area (Å²) in [6.45, 7) is 5.68. The van der Waals surface area contributed by atoms with Gasteiger partial charge in [0.05, 0.1) is 13.7 Å². The number of nitrogens with one attached hydrogen (secondary N) is 2. The fourth-order valence-electron chi connectivity index (χ4n) is 1.87. The van der Waals surface area contributed by atoms with Crippen molar-refractivity contribution < 1.29 is 4.74 Å². The number of benzene rings is 1. The number of halogens is 1. The minimum Gasteiger partial charge on any atom is -0.496 e. The number of guanidine groups is 1. The maximum atomic E-state index is 5.33. The summed E-state index contributed by atoms with van der Waals surface area (Å²) in [5, 5.41) is 6.68. The molecule has 4 nitrogen and oxygen atoms in total. The van der Waals surface area contributed by atoms with E-state index in [1.165, 1.54) is 12.8 Å². The lowest BCUT2D eigenvalue weighted by molar-refractivity contribution is 0.411. The second-order valence-electron chi connectivity index (χ2n) is 4.92. The van der Waals surface area contributed by atoms with Gasteiger partial charge in [0.2, 0.25) is 0 Å². The van der Waals surface area contributed by atoms with Crippen LogP contribution in [0.4, 0.5) is 0 Å². The van der Waals surface area contributed by atoms with Crippen molar-refractivity contribution in [1.82, 2.24) is 10.6 Å². The Kier molecular flexibility index (Phi) is 7.12. The summed E-state index contributed by atoms with van der Waals surface area (Å²) < 4.78 is 5.33. The molecular weight excluding hydrogens is 365 g/mol. The van der Waals surface area contributed by atoms with E-state index in [4.69, 9.17) is 4.74 Å². The molecule has 0 heterocycles. The van der Waals surface area contributed by atoms with E-state index < -0.39 is 0 Å². The Balaban J connectivity index is 0.00000200. The zero-order chi connectivity index (χ0) is 13.7. The van der Waals surface area contributed by atoms with Crippen molar-refractivity contribution in [3.8, 4) is 5.75 Å². The van der Waals surface area contributed by atoms with E-state index in [0.717, 1.165) is 29.4 Å². The molecule has 0 radical (unpaired) electrons. The minimum atomic E-state index is 0. The highest BCUT2D eigenvalue weighted by molar-refractivity contribution is 14.0. The molecule has 0 bridgehead atoms. The van der Waals surface area contributed by atoms with Crippen LogP contribution in [0, 0.1) is 6.92 Å². The maximum Gasteiger partial charge on any atom is 0.191 e. The van der Waals surface area contributed by atoms with Gasteiger partial charge in [-0.2, -0.15) is 0 Å². The van der Waals surface area contributed by atoms with E-state index in [-0.39, 0.29) is 24.0 Å². The first-order valence-electron chi connectivity index (χ1n) is 6.91. The van der Waals surface area contributed by atoms with Gasteiger partial charge in [0.15, 0.2) is 5.96 Å². The van der Waals surface area contributed by atoms with Crippen molar-refractivity contribution in [3.63, 3.8) is 0 Å². The minimum absolute atomic E-state index is 0. The third kappa shape index (κ3) is 5.19. The number of aliphatic imine (C=N–C) groups is 1. The van der Waals surface area contributed by atoms with E-state index in [2.05, 4.69) is 40.7 Å². The molecule has 1 aliphatic rings. The van der Waals surface area contributed by atoms with E-state index in [0.29, 0.717) is 12.6 Å². The summed E-state index contributed by atoms with van der Waals surface area (Å²) in [5.41, 5.74) is 2.31. The molecular formula is C15H24IN3O. The summed E-state index contributed by atoms with van der Waals surface area (Å²) in [6.07, 6.45) is 2.51. The molecule has 0 saturated heterocycles. The highest BCUT2D eigenvalue weighted by atomic mass is 127. The average Bonchev–Trinajstić information content (AvgIpc) is 3.21. The number of hydrogen-bond donors (Lipinski definition) is 2. The molecule has 1 aliphatic carbocycles. The molecule has 2 N–H and O–H groups in total. The lowest BCUT2D eigenvalue weighted by atomic mass is 10.1. The van der Waals surface area contributed by atoms with Gasteiger partial charge in [-0.1, -0.05) is 12.1 Å². The van der Waals surface area contributed by atoms with Crippen LogP contribution in [-0.2, 0) is 6.54 Å². The first kappa shape index (κ1) is 17.1. The van der Waals surface area contributed by atoms with Crippen molar-refractivity contribution in [2.24, 2.45) is 4.99 Å². The van der Waals surface area contributed by atoms with Crippen LogP contribution in [0.15, 0.2) is 23.2 Å². The van der Waals surface area contributed by atoms with E-state index in [1.54, 1.807) is 7.11 Å². The SMILES string of the molecule is CCNC(=NCc1ccc(C)c(OC)c1)NC1CC1.I. The van der Waals surface area contributed by atoms with E-state index >= 15 is 0 Å². The van der Waals surface area contributed by atoms with Crippen LogP contribution in [0.2, 0.25) is 0 Å². The second kappa shape index (κ2) is 8.34. The molecule has 1 saturated carbocycles. The fraction of sp³-hybridized carbons (Fsp3) is 0.533. The highest BCUT2D eigenvalue weighted by Gasteiger charge is 2.21. The first-order valence-corrected chi connectivity index (χ1v) is 6.91. The Morgan fingerprint density at radius 3 is 2.75 bits per heavy atom. The van der Waals surface area contributed by atoms with Gasteiger partial charge in [-0.05, 0) is 43.9 Å². The Labute approximate surface area is 138 Å². The van der Waals surface area contributed by atoms with Gasteiger partial charge in [0, 0.05) is 12.6 Å². The van der Waals surface area contributed by atoms with Crippen molar-refractivity contribution in [3.05, 3.63) is 29.3 Å². The van der Waals surface area contributed by atoms with Gasteiger partial charge >= 0.3 is 0 Å². The van der Waals surface area contributed by atoms with Crippen molar-refractivity contribution in [1.29, 1.82) is 0 Å². The van der Waals surface area contributed by atoms with Crippen LogP contribution in [-0.4, -0.2) is 25.7 Å². The predicted molar refractivity (Wildman–Crippen MR) is 94.1 cm³/mol. The van der Waals surface area contributed by atoms with Crippen molar-refractivity contribution >= 4 is 29.9 Å². The van der Waals surface area contributed by atoms with Crippen molar-refractivity contribution in [2.75, 3.05) is 13.7 Å². The zero-order valence-electron chi connectivity index (χ0n) is 12.4. The molecule has 0 spiro atoms. The van der Waals surface area contributed by atoms with Crippen molar-refractivity contribution in [2.45, 2.75) is 39.3 Å². The molecule has 1 fully saturated rings. The largest absolute Gasteiger partial charge is 0.496 e. The average molecular weight is 389 g/mol. The van der Waals surface area contributed by atoms with Gasteiger partial charge in [-0.15, -0.1) is 24.0 Å². The molecule has 2 rings (SSSR count). The molecule has 5 heteroatoms. The topological polar surface area (TPSA) is 45.7 Å². The zero-order valence-corrected chi connectivity index (χ0v) is 14.7. The quantitative estimate of drug-likeness (QED) is 0.463. The monoisotopic (exact) mass is 389 g/mol. The normalized spacial score (nSPS) is 14.4. The molecule has 0 amide bonds. The third-order valence-electron chi connectivity index (χ3n) is 3.15. The Bertz CT molecular complexity index is 458. The molecule has 0 aromatic heterocycles. The molecule has 0 aliphatic heterocycles. The van der Waals surface area contributed by atoms with Gasteiger partial charge in [-0.25, -0.2) is 4.99 Å². The molecule has 0 unspecified atom stereocenters. The summed E-state index contributed by atoms with van der Waals surface area (Å²) in [7, 11) is 1.70. The predicted octanol–water partition coefficient (Wildman–Crippen LogP) is 2.84. The molecule has 1 aromatic rings. The molecule has 112 valence electrons. The lowest BCUT2D eigenvalue weighted by Gasteiger charge is -2.11. The summed E-state index contributed by atoms with van der Waals surface area (Å²) in [4.78, 5) is 4.61. The molecule has 1 aromatic carbocycles.